The summed E-state index contributed by atoms with van der Waals surface area (Å²) in [6, 6.07) is 8.22. The molecule has 0 bridgehead atoms. The lowest BCUT2D eigenvalue weighted by molar-refractivity contribution is 0.178. The monoisotopic (exact) mass is 353 g/mol. The van der Waals surface area contributed by atoms with Gasteiger partial charge >= 0.3 is 0 Å². The standard InChI is InChI=1S/C20H27N5O/c1-4-17-16-7-5-6-8-18(16)25(22-17)20-21-19(26-23-20)15-9-11-24(12-10-15)13-14(2)3/h5-8,14-15H,4,9-13H2,1-3H3. The zero-order chi connectivity index (χ0) is 18.1. The predicted octanol–water partition coefficient (Wildman–Crippen LogP) is 3.81. The highest BCUT2D eigenvalue weighted by Crippen LogP contribution is 2.28. The van der Waals surface area contributed by atoms with Crippen LogP contribution in [0.25, 0.3) is 16.9 Å². The zero-order valence-corrected chi connectivity index (χ0v) is 15.9. The van der Waals surface area contributed by atoms with Gasteiger partial charge in [0, 0.05) is 17.8 Å². The van der Waals surface area contributed by atoms with Crippen LogP contribution >= 0.6 is 0 Å². The fourth-order valence-electron chi connectivity index (χ4n) is 3.90. The van der Waals surface area contributed by atoms with E-state index in [9.17, 15) is 0 Å². The van der Waals surface area contributed by atoms with Crippen molar-refractivity contribution in [3.63, 3.8) is 0 Å². The molecule has 6 heteroatoms. The first kappa shape index (κ1) is 17.2. The third-order valence-corrected chi connectivity index (χ3v) is 5.18. The van der Waals surface area contributed by atoms with Gasteiger partial charge in [-0.2, -0.15) is 14.8 Å². The van der Waals surface area contributed by atoms with Gasteiger partial charge in [0.1, 0.15) is 0 Å². The van der Waals surface area contributed by atoms with Crippen molar-refractivity contribution in [2.24, 2.45) is 5.92 Å². The molecular weight excluding hydrogens is 326 g/mol. The molecule has 26 heavy (non-hydrogen) atoms. The van der Waals surface area contributed by atoms with E-state index in [2.05, 4.69) is 43.0 Å². The Kier molecular flexibility index (Phi) is 4.76. The van der Waals surface area contributed by atoms with E-state index in [0.29, 0.717) is 17.8 Å². The van der Waals surface area contributed by atoms with Crippen LogP contribution in [0.2, 0.25) is 0 Å². The van der Waals surface area contributed by atoms with Gasteiger partial charge in [0.25, 0.3) is 5.95 Å². The van der Waals surface area contributed by atoms with Crippen LogP contribution in [0.3, 0.4) is 0 Å². The molecule has 0 aliphatic carbocycles. The summed E-state index contributed by atoms with van der Waals surface area (Å²) in [6.07, 6.45) is 3.04. The van der Waals surface area contributed by atoms with Crippen LogP contribution in [0.15, 0.2) is 28.8 Å². The molecule has 4 rings (SSSR count). The van der Waals surface area contributed by atoms with Crippen LogP contribution in [0, 0.1) is 5.92 Å². The molecule has 2 aromatic heterocycles. The molecule has 3 heterocycles. The Morgan fingerprint density at radius 2 is 1.96 bits per heavy atom. The Labute approximate surface area is 154 Å². The van der Waals surface area contributed by atoms with Gasteiger partial charge in [-0.05, 0) is 49.5 Å². The Morgan fingerprint density at radius 1 is 1.19 bits per heavy atom. The van der Waals surface area contributed by atoms with Gasteiger partial charge in [-0.3, -0.25) is 0 Å². The number of piperidine rings is 1. The molecule has 138 valence electrons. The lowest BCUT2D eigenvalue weighted by Gasteiger charge is -2.31. The number of fused-ring (bicyclic) bond motifs is 1. The first-order valence-corrected chi connectivity index (χ1v) is 9.68. The Balaban J connectivity index is 1.54. The van der Waals surface area contributed by atoms with Crippen LogP contribution in [0.5, 0.6) is 0 Å². The van der Waals surface area contributed by atoms with Crippen LogP contribution < -0.4 is 0 Å². The van der Waals surface area contributed by atoms with Crippen molar-refractivity contribution in [3.8, 4) is 5.95 Å². The van der Waals surface area contributed by atoms with Crippen molar-refractivity contribution >= 4 is 10.9 Å². The molecule has 6 nitrogen and oxygen atoms in total. The summed E-state index contributed by atoms with van der Waals surface area (Å²) < 4.78 is 7.44. The lowest BCUT2D eigenvalue weighted by atomic mass is 9.96. The Bertz CT molecular complexity index is 873. The van der Waals surface area contributed by atoms with E-state index in [1.54, 1.807) is 0 Å². The summed E-state index contributed by atoms with van der Waals surface area (Å²) in [5, 5.41) is 10.1. The van der Waals surface area contributed by atoms with Gasteiger partial charge < -0.3 is 9.42 Å². The maximum atomic E-state index is 5.63. The number of aryl methyl sites for hydroxylation is 1. The van der Waals surface area contributed by atoms with E-state index in [-0.39, 0.29) is 0 Å². The third kappa shape index (κ3) is 3.26. The Hall–Kier alpha value is -2.21. The average molecular weight is 353 g/mol. The highest BCUT2D eigenvalue weighted by Gasteiger charge is 2.26. The summed E-state index contributed by atoms with van der Waals surface area (Å²) in [5.41, 5.74) is 2.09. The van der Waals surface area contributed by atoms with Crippen LogP contribution in [0.4, 0.5) is 0 Å². The molecule has 1 saturated heterocycles. The van der Waals surface area contributed by atoms with E-state index in [1.165, 1.54) is 6.54 Å². The summed E-state index contributed by atoms with van der Waals surface area (Å²) in [7, 11) is 0. The summed E-state index contributed by atoms with van der Waals surface area (Å²) in [6.45, 7) is 10.0. The second-order valence-corrected chi connectivity index (χ2v) is 7.63. The number of nitrogens with zero attached hydrogens (tertiary/aromatic N) is 5. The SMILES string of the molecule is CCc1nn(-c2noc(C3CCN(CC(C)C)CC3)n2)c2ccccc12. The largest absolute Gasteiger partial charge is 0.337 e. The maximum absolute atomic E-state index is 5.63. The van der Waals surface area contributed by atoms with Crippen LogP contribution in [-0.2, 0) is 6.42 Å². The minimum Gasteiger partial charge on any atom is -0.337 e. The molecule has 0 atom stereocenters. The summed E-state index contributed by atoms with van der Waals surface area (Å²) in [5.74, 6) is 2.36. The topological polar surface area (TPSA) is 60.0 Å². The van der Waals surface area contributed by atoms with E-state index in [0.717, 1.165) is 54.8 Å². The normalized spacial score (nSPS) is 16.8. The first-order chi connectivity index (χ1) is 12.7. The van der Waals surface area contributed by atoms with Crippen molar-refractivity contribution in [2.45, 2.75) is 46.0 Å². The van der Waals surface area contributed by atoms with Gasteiger partial charge in [0.05, 0.1) is 11.2 Å². The number of hydrogen-bond acceptors (Lipinski definition) is 5. The van der Waals surface area contributed by atoms with Crippen molar-refractivity contribution in [2.75, 3.05) is 19.6 Å². The van der Waals surface area contributed by atoms with Gasteiger partial charge in [-0.15, -0.1) is 0 Å². The number of aromatic nitrogens is 4. The highest BCUT2D eigenvalue weighted by atomic mass is 16.5. The number of rotatable bonds is 5. The number of likely N-dealkylation sites (tertiary alicyclic amines) is 1. The third-order valence-electron chi connectivity index (χ3n) is 5.18. The first-order valence-electron chi connectivity index (χ1n) is 9.68. The van der Waals surface area contributed by atoms with E-state index in [4.69, 9.17) is 14.6 Å². The average Bonchev–Trinajstić information content (AvgIpc) is 3.26. The quantitative estimate of drug-likeness (QED) is 0.698. The summed E-state index contributed by atoms with van der Waals surface area (Å²) >= 11 is 0. The minimum atomic E-state index is 0.354. The molecule has 0 spiro atoms. The van der Waals surface area contributed by atoms with E-state index in [1.807, 2.05) is 16.8 Å². The van der Waals surface area contributed by atoms with Crippen LogP contribution in [0.1, 0.15) is 51.1 Å². The van der Waals surface area contributed by atoms with Gasteiger partial charge in [-0.25, -0.2) is 0 Å². The zero-order valence-electron chi connectivity index (χ0n) is 15.9. The molecule has 0 N–H and O–H groups in total. The van der Waals surface area contributed by atoms with Crippen molar-refractivity contribution < 1.29 is 4.52 Å². The molecule has 0 radical (unpaired) electrons. The molecule has 1 fully saturated rings. The molecule has 1 aliphatic rings. The van der Waals surface area contributed by atoms with Crippen LogP contribution in [-0.4, -0.2) is 44.5 Å². The summed E-state index contributed by atoms with van der Waals surface area (Å²) in [4.78, 5) is 7.23. The molecule has 0 saturated carbocycles. The second-order valence-electron chi connectivity index (χ2n) is 7.63. The molecule has 3 aromatic rings. The Morgan fingerprint density at radius 3 is 2.69 bits per heavy atom. The molecular formula is C20H27N5O. The fourth-order valence-corrected chi connectivity index (χ4v) is 3.90. The molecule has 1 aliphatic heterocycles. The lowest BCUT2D eigenvalue weighted by Crippen LogP contribution is -2.35. The van der Waals surface area contributed by atoms with Gasteiger partial charge in [-0.1, -0.05) is 39.0 Å². The highest BCUT2D eigenvalue weighted by molar-refractivity contribution is 5.83. The number of benzene rings is 1. The number of hydrogen-bond donors (Lipinski definition) is 0. The van der Waals surface area contributed by atoms with Gasteiger partial charge in [0.2, 0.25) is 5.89 Å². The second kappa shape index (κ2) is 7.19. The number of para-hydroxylation sites is 1. The predicted molar refractivity (Wildman–Crippen MR) is 102 cm³/mol. The molecule has 0 unspecified atom stereocenters. The van der Waals surface area contributed by atoms with Crippen molar-refractivity contribution in [1.29, 1.82) is 0 Å². The smallest absolute Gasteiger partial charge is 0.291 e. The van der Waals surface area contributed by atoms with E-state index >= 15 is 0 Å². The molecule has 1 aromatic carbocycles. The van der Waals surface area contributed by atoms with Crippen molar-refractivity contribution in [1.82, 2.24) is 24.8 Å². The minimum absolute atomic E-state index is 0.354. The van der Waals surface area contributed by atoms with Gasteiger partial charge in [0.15, 0.2) is 0 Å². The van der Waals surface area contributed by atoms with Crippen molar-refractivity contribution in [3.05, 3.63) is 35.9 Å². The molecule has 0 amide bonds. The fraction of sp³-hybridized carbons (Fsp3) is 0.550. The maximum Gasteiger partial charge on any atom is 0.291 e. The van der Waals surface area contributed by atoms with E-state index < -0.39 is 0 Å².